The molecule has 0 bridgehead atoms. The topological polar surface area (TPSA) is 52.5 Å². The molecule has 1 atom stereocenters. The van der Waals surface area contributed by atoms with Crippen molar-refractivity contribution in [3.63, 3.8) is 0 Å². The summed E-state index contributed by atoms with van der Waals surface area (Å²) in [7, 11) is 0. The molecule has 1 aromatic carbocycles. The highest BCUT2D eigenvalue weighted by Gasteiger charge is 2.34. The van der Waals surface area contributed by atoms with E-state index in [9.17, 15) is 10.2 Å². The van der Waals surface area contributed by atoms with Gasteiger partial charge < -0.3 is 15.5 Å². The molecule has 0 aromatic heterocycles. The Labute approximate surface area is 121 Å². The van der Waals surface area contributed by atoms with Crippen LogP contribution in [0.1, 0.15) is 55.7 Å². The number of hydrogen-bond acceptors (Lipinski definition) is 3. The third-order valence-electron chi connectivity index (χ3n) is 5.17. The first-order valence-electron chi connectivity index (χ1n) is 7.88. The molecule has 0 spiro atoms. The Morgan fingerprint density at radius 3 is 2.75 bits per heavy atom. The molecule has 0 aliphatic heterocycles. The molecule has 0 heterocycles. The van der Waals surface area contributed by atoms with Crippen LogP contribution in [0.15, 0.2) is 18.2 Å². The zero-order valence-electron chi connectivity index (χ0n) is 12.1. The first kappa shape index (κ1) is 13.9. The summed E-state index contributed by atoms with van der Waals surface area (Å²) in [6.45, 7) is 1.18. The lowest BCUT2D eigenvalue weighted by Gasteiger charge is -2.32. The molecule has 1 fully saturated rings. The van der Waals surface area contributed by atoms with Gasteiger partial charge in [-0.05, 0) is 55.4 Å². The third-order valence-corrected chi connectivity index (χ3v) is 5.17. The van der Waals surface area contributed by atoms with Gasteiger partial charge in [-0.25, -0.2) is 0 Å². The number of fused-ring (bicyclic) bond motifs is 1. The molecule has 1 aromatic rings. The first-order valence-corrected chi connectivity index (χ1v) is 7.88. The van der Waals surface area contributed by atoms with Gasteiger partial charge in [0.1, 0.15) is 5.75 Å². The van der Waals surface area contributed by atoms with Gasteiger partial charge in [-0.1, -0.05) is 18.9 Å². The number of hydrogen-bond donors (Lipinski definition) is 3. The highest BCUT2D eigenvalue weighted by Crippen LogP contribution is 2.38. The molecule has 2 aliphatic rings. The fourth-order valence-corrected chi connectivity index (χ4v) is 3.85. The summed E-state index contributed by atoms with van der Waals surface area (Å²) < 4.78 is 0. The van der Waals surface area contributed by atoms with E-state index in [1.54, 1.807) is 6.07 Å². The lowest BCUT2D eigenvalue weighted by atomic mass is 9.84. The van der Waals surface area contributed by atoms with Crippen molar-refractivity contribution < 1.29 is 10.2 Å². The monoisotopic (exact) mass is 275 g/mol. The van der Waals surface area contributed by atoms with Gasteiger partial charge in [0, 0.05) is 24.6 Å². The molecular formula is C17H25NO2. The second kappa shape index (κ2) is 5.74. The Hall–Kier alpha value is -1.06. The number of nitrogens with one attached hydrogen (secondary N) is 1. The predicted molar refractivity (Wildman–Crippen MR) is 79.8 cm³/mol. The van der Waals surface area contributed by atoms with Gasteiger partial charge in [0.2, 0.25) is 0 Å². The Balaban J connectivity index is 1.71. The minimum atomic E-state index is 0.0917. The number of phenols is 1. The van der Waals surface area contributed by atoms with Crippen LogP contribution in [-0.2, 0) is 6.42 Å². The summed E-state index contributed by atoms with van der Waals surface area (Å²) in [6, 6.07) is 6.07. The Morgan fingerprint density at radius 1 is 1.20 bits per heavy atom. The van der Waals surface area contributed by atoms with Gasteiger partial charge in [-0.2, -0.15) is 0 Å². The SMILES string of the molecule is OCC1(CNC2CCCc3ccc(O)cc32)CCCC1. The zero-order chi connectivity index (χ0) is 14.0. The highest BCUT2D eigenvalue weighted by atomic mass is 16.3. The van der Waals surface area contributed by atoms with E-state index in [1.807, 2.05) is 6.07 Å². The van der Waals surface area contributed by atoms with Crippen molar-refractivity contribution in [3.05, 3.63) is 29.3 Å². The van der Waals surface area contributed by atoms with Gasteiger partial charge >= 0.3 is 0 Å². The molecule has 20 heavy (non-hydrogen) atoms. The van der Waals surface area contributed by atoms with E-state index < -0.39 is 0 Å². The average molecular weight is 275 g/mol. The smallest absolute Gasteiger partial charge is 0.115 e. The number of aliphatic hydroxyl groups is 1. The largest absolute Gasteiger partial charge is 0.508 e. The molecule has 3 heteroatoms. The normalized spacial score (nSPS) is 24.6. The van der Waals surface area contributed by atoms with Gasteiger partial charge in [0.05, 0.1) is 0 Å². The molecule has 1 unspecified atom stereocenters. The maximum atomic E-state index is 9.71. The number of benzene rings is 1. The number of rotatable bonds is 4. The van der Waals surface area contributed by atoms with Crippen LogP contribution >= 0.6 is 0 Å². The minimum Gasteiger partial charge on any atom is -0.508 e. The van der Waals surface area contributed by atoms with E-state index in [1.165, 1.54) is 30.4 Å². The van der Waals surface area contributed by atoms with Crippen LogP contribution < -0.4 is 5.32 Å². The van der Waals surface area contributed by atoms with Gasteiger partial charge in [-0.3, -0.25) is 0 Å². The number of aryl methyl sites for hydroxylation is 1. The lowest BCUT2D eigenvalue weighted by Crippen LogP contribution is -2.38. The highest BCUT2D eigenvalue weighted by molar-refractivity contribution is 5.38. The Kier molecular flexibility index (Phi) is 3.99. The number of aromatic hydroxyl groups is 1. The molecule has 110 valence electrons. The van der Waals surface area contributed by atoms with E-state index in [2.05, 4.69) is 11.4 Å². The van der Waals surface area contributed by atoms with E-state index in [0.29, 0.717) is 18.4 Å². The standard InChI is InChI=1S/C17H25NO2/c19-12-17(8-1-2-9-17)11-18-16-5-3-4-13-6-7-14(20)10-15(13)16/h6-7,10,16,18-20H,1-5,8-9,11-12H2. The Morgan fingerprint density at radius 2 is 2.00 bits per heavy atom. The number of aliphatic hydroxyl groups excluding tert-OH is 1. The molecule has 3 nitrogen and oxygen atoms in total. The van der Waals surface area contributed by atoms with Gasteiger partial charge in [0.25, 0.3) is 0 Å². The fraction of sp³-hybridized carbons (Fsp3) is 0.647. The molecule has 3 rings (SSSR count). The summed E-state index contributed by atoms with van der Waals surface area (Å²) in [5.41, 5.74) is 2.70. The van der Waals surface area contributed by atoms with Crippen molar-refractivity contribution >= 4 is 0 Å². The summed E-state index contributed by atoms with van der Waals surface area (Å²) in [5, 5.41) is 23.1. The molecule has 0 radical (unpaired) electrons. The van der Waals surface area contributed by atoms with Crippen molar-refractivity contribution in [1.82, 2.24) is 5.32 Å². The minimum absolute atomic E-state index is 0.0917. The lowest BCUT2D eigenvalue weighted by molar-refractivity contribution is 0.123. The molecule has 3 N–H and O–H groups in total. The van der Waals surface area contributed by atoms with Crippen LogP contribution in [0.5, 0.6) is 5.75 Å². The van der Waals surface area contributed by atoms with Crippen molar-refractivity contribution in [2.75, 3.05) is 13.2 Å². The summed E-state index contributed by atoms with van der Waals surface area (Å²) in [5.74, 6) is 0.357. The van der Waals surface area contributed by atoms with Crippen LogP contribution in [0, 0.1) is 5.41 Å². The van der Waals surface area contributed by atoms with Crippen LogP contribution in [0.2, 0.25) is 0 Å². The van der Waals surface area contributed by atoms with E-state index in [0.717, 1.165) is 32.2 Å². The van der Waals surface area contributed by atoms with Crippen molar-refractivity contribution in [3.8, 4) is 5.75 Å². The Bertz CT molecular complexity index is 466. The second-order valence-electron chi connectivity index (χ2n) is 6.57. The van der Waals surface area contributed by atoms with Crippen LogP contribution in [-0.4, -0.2) is 23.4 Å². The van der Waals surface area contributed by atoms with E-state index in [4.69, 9.17) is 0 Å². The van der Waals surface area contributed by atoms with Crippen LogP contribution in [0.4, 0.5) is 0 Å². The predicted octanol–water partition coefficient (Wildman–Crippen LogP) is 2.91. The van der Waals surface area contributed by atoms with Crippen molar-refractivity contribution in [2.45, 2.75) is 51.0 Å². The summed E-state index contributed by atoms with van der Waals surface area (Å²) in [6.07, 6.45) is 8.18. The van der Waals surface area contributed by atoms with Gasteiger partial charge in [-0.15, -0.1) is 0 Å². The van der Waals surface area contributed by atoms with Gasteiger partial charge in [0.15, 0.2) is 0 Å². The quantitative estimate of drug-likeness (QED) is 0.792. The number of phenolic OH excluding ortho intramolecular Hbond substituents is 1. The molecular weight excluding hydrogens is 250 g/mol. The molecule has 2 aliphatic carbocycles. The summed E-state index contributed by atoms with van der Waals surface area (Å²) >= 11 is 0. The fourth-order valence-electron chi connectivity index (χ4n) is 3.85. The van der Waals surface area contributed by atoms with Crippen molar-refractivity contribution in [1.29, 1.82) is 0 Å². The van der Waals surface area contributed by atoms with Crippen molar-refractivity contribution in [2.24, 2.45) is 5.41 Å². The third kappa shape index (κ3) is 2.70. The molecule has 0 amide bonds. The maximum Gasteiger partial charge on any atom is 0.115 e. The maximum absolute atomic E-state index is 9.71. The zero-order valence-corrected chi connectivity index (χ0v) is 12.1. The average Bonchev–Trinajstić information content (AvgIpc) is 2.94. The van der Waals surface area contributed by atoms with E-state index in [-0.39, 0.29) is 5.41 Å². The van der Waals surface area contributed by atoms with E-state index >= 15 is 0 Å². The second-order valence-corrected chi connectivity index (χ2v) is 6.57. The molecule has 0 saturated heterocycles. The first-order chi connectivity index (χ1) is 9.72. The van der Waals surface area contributed by atoms with Crippen LogP contribution in [0.25, 0.3) is 0 Å². The molecule has 1 saturated carbocycles. The summed E-state index contributed by atoms with van der Waals surface area (Å²) in [4.78, 5) is 0. The van der Waals surface area contributed by atoms with Crippen LogP contribution in [0.3, 0.4) is 0 Å².